The van der Waals surface area contributed by atoms with Crippen molar-refractivity contribution in [3.63, 3.8) is 0 Å². The van der Waals surface area contributed by atoms with Crippen LogP contribution >= 0.6 is 0 Å². The third-order valence-corrected chi connectivity index (χ3v) is 3.94. The highest BCUT2D eigenvalue weighted by atomic mass is 15.2. The standard InChI is InChI=1S/C18H17N5/c1-13-11-22(12-21-13)18-8-14-4-2-3-5-17(14)23(18)16-7-6-15(9-19)20-10-16/h2-8,10-12H,9,19H2,1H3. The minimum absolute atomic E-state index is 0.445. The molecule has 0 fully saturated rings. The van der Waals surface area contributed by atoms with E-state index in [1.165, 1.54) is 5.39 Å². The Hall–Kier alpha value is -2.92. The minimum atomic E-state index is 0.445. The topological polar surface area (TPSA) is 61.7 Å². The highest BCUT2D eigenvalue weighted by molar-refractivity contribution is 5.85. The van der Waals surface area contributed by atoms with Crippen LogP contribution in [-0.4, -0.2) is 19.1 Å². The molecular weight excluding hydrogens is 286 g/mol. The van der Waals surface area contributed by atoms with Gasteiger partial charge in [-0.05, 0) is 31.2 Å². The number of fused-ring (bicyclic) bond motifs is 1. The third kappa shape index (κ3) is 2.31. The van der Waals surface area contributed by atoms with Crippen molar-refractivity contribution in [3.05, 3.63) is 72.6 Å². The lowest BCUT2D eigenvalue weighted by Crippen LogP contribution is -2.04. The van der Waals surface area contributed by atoms with Crippen LogP contribution in [0.15, 0.2) is 61.2 Å². The van der Waals surface area contributed by atoms with E-state index in [0.29, 0.717) is 6.54 Å². The first-order valence-corrected chi connectivity index (χ1v) is 7.53. The normalized spacial score (nSPS) is 11.2. The Morgan fingerprint density at radius 2 is 1.96 bits per heavy atom. The molecule has 3 aromatic heterocycles. The molecule has 0 aliphatic heterocycles. The molecule has 4 rings (SSSR count). The molecule has 5 heteroatoms. The zero-order valence-electron chi connectivity index (χ0n) is 12.8. The van der Waals surface area contributed by atoms with Crippen molar-refractivity contribution in [1.29, 1.82) is 0 Å². The zero-order valence-corrected chi connectivity index (χ0v) is 12.8. The number of rotatable bonds is 3. The fourth-order valence-corrected chi connectivity index (χ4v) is 2.82. The molecule has 0 aliphatic carbocycles. The van der Waals surface area contributed by atoms with Gasteiger partial charge in [0.05, 0.1) is 28.8 Å². The van der Waals surface area contributed by atoms with Gasteiger partial charge in [0.2, 0.25) is 0 Å². The first kappa shape index (κ1) is 13.7. The predicted octanol–water partition coefficient (Wildman–Crippen LogP) is 2.98. The van der Waals surface area contributed by atoms with Gasteiger partial charge < -0.3 is 5.73 Å². The van der Waals surface area contributed by atoms with Crippen molar-refractivity contribution < 1.29 is 0 Å². The monoisotopic (exact) mass is 303 g/mol. The van der Waals surface area contributed by atoms with Gasteiger partial charge in [0.25, 0.3) is 0 Å². The lowest BCUT2D eigenvalue weighted by atomic mass is 10.2. The lowest BCUT2D eigenvalue weighted by molar-refractivity contribution is 0.926. The van der Waals surface area contributed by atoms with Gasteiger partial charge in [0.15, 0.2) is 0 Å². The highest BCUT2D eigenvalue weighted by Gasteiger charge is 2.12. The smallest absolute Gasteiger partial charge is 0.123 e. The first-order chi connectivity index (χ1) is 11.3. The third-order valence-electron chi connectivity index (χ3n) is 3.94. The zero-order chi connectivity index (χ0) is 15.8. The molecule has 2 N–H and O–H groups in total. The Morgan fingerprint density at radius 1 is 1.09 bits per heavy atom. The summed E-state index contributed by atoms with van der Waals surface area (Å²) in [6.45, 7) is 2.43. The van der Waals surface area contributed by atoms with E-state index in [2.05, 4.69) is 38.8 Å². The van der Waals surface area contributed by atoms with Crippen LogP contribution in [0.2, 0.25) is 0 Å². The van der Waals surface area contributed by atoms with Crippen LogP contribution in [0.1, 0.15) is 11.4 Å². The molecule has 0 radical (unpaired) electrons. The SMILES string of the molecule is Cc1cn(-c2cc3ccccc3n2-c2ccc(CN)nc2)cn1. The van der Waals surface area contributed by atoms with E-state index in [0.717, 1.165) is 28.4 Å². The molecular formula is C18H17N5. The van der Waals surface area contributed by atoms with Gasteiger partial charge in [0.1, 0.15) is 12.1 Å². The molecule has 23 heavy (non-hydrogen) atoms. The number of aryl methyl sites for hydroxylation is 1. The number of imidazole rings is 1. The molecule has 3 heterocycles. The molecule has 0 saturated heterocycles. The summed E-state index contributed by atoms with van der Waals surface area (Å²) < 4.78 is 4.22. The number of hydrogen-bond donors (Lipinski definition) is 1. The Bertz CT molecular complexity index is 963. The van der Waals surface area contributed by atoms with Gasteiger partial charge in [-0.2, -0.15) is 0 Å². The second-order valence-electron chi connectivity index (χ2n) is 5.53. The molecule has 0 unspecified atom stereocenters. The van der Waals surface area contributed by atoms with Crippen molar-refractivity contribution in [3.8, 4) is 11.5 Å². The second kappa shape index (κ2) is 5.37. The summed E-state index contributed by atoms with van der Waals surface area (Å²) in [6, 6.07) is 14.5. The van der Waals surface area contributed by atoms with Crippen molar-refractivity contribution in [2.45, 2.75) is 13.5 Å². The van der Waals surface area contributed by atoms with E-state index in [-0.39, 0.29) is 0 Å². The fourth-order valence-electron chi connectivity index (χ4n) is 2.82. The fraction of sp³-hybridized carbons (Fsp3) is 0.111. The van der Waals surface area contributed by atoms with Crippen LogP contribution in [0.25, 0.3) is 22.4 Å². The summed E-state index contributed by atoms with van der Waals surface area (Å²) in [5, 5.41) is 1.18. The Balaban J connectivity index is 1.98. The van der Waals surface area contributed by atoms with E-state index in [1.807, 2.05) is 48.4 Å². The van der Waals surface area contributed by atoms with E-state index < -0.39 is 0 Å². The summed E-state index contributed by atoms with van der Waals surface area (Å²) >= 11 is 0. The van der Waals surface area contributed by atoms with Gasteiger partial charge >= 0.3 is 0 Å². The summed E-state index contributed by atoms with van der Waals surface area (Å²) in [4.78, 5) is 8.77. The molecule has 5 nitrogen and oxygen atoms in total. The lowest BCUT2D eigenvalue weighted by Gasteiger charge is -2.11. The quantitative estimate of drug-likeness (QED) is 0.633. The molecule has 4 aromatic rings. The molecule has 114 valence electrons. The molecule has 0 atom stereocenters. The van der Waals surface area contributed by atoms with Crippen molar-refractivity contribution in [2.24, 2.45) is 5.73 Å². The van der Waals surface area contributed by atoms with Crippen molar-refractivity contribution in [2.75, 3.05) is 0 Å². The molecule has 0 spiro atoms. The summed E-state index contributed by atoms with van der Waals surface area (Å²) in [7, 11) is 0. The molecule has 0 amide bonds. The number of para-hydroxylation sites is 1. The average Bonchev–Trinajstić information content (AvgIpc) is 3.18. The van der Waals surface area contributed by atoms with Crippen molar-refractivity contribution >= 4 is 10.9 Å². The minimum Gasteiger partial charge on any atom is -0.325 e. The molecule has 1 aromatic carbocycles. The van der Waals surface area contributed by atoms with Crippen LogP contribution in [0.4, 0.5) is 0 Å². The van der Waals surface area contributed by atoms with Gasteiger partial charge in [-0.25, -0.2) is 4.98 Å². The molecule has 0 saturated carbocycles. The van der Waals surface area contributed by atoms with Crippen LogP contribution in [0.3, 0.4) is 0 Å². The number of pyridine rings is 1. The van der Waals surface area contributed by atoms with Crippen LogP contribution < -0.4 is 5.73 Å². The van der Waals surface area contributed by atoms with E-state index in [1.54, 1.807) is 0 Å². The van der Waals surface area contributed by atoms with E-state index in [4.69, 9.17) is 5.73 Å². The predicted molar refractivity (Wildman–Crippen MR) is 90.8 cm³/mol. The van der Waals surface area contributed by atoms with Gasteiger partial charge in [0, 0.05) is 18.1 Å². The number of benzene rings is 1. The largest absolute Gasteiger partial charge is 0.325 e. The second-order valence-corrected chi connectivity index (χ2v) is 5.53. The molecule has 0 aliphatic rings. The van der Waals surface area contributed by atoms with E-state index >= 15 is 0 Å². The summed E-state index contributed by atoms with van der Waals surface area (Å²) in [6.07, 6.45) is 5.72. The molecule has 0 bridgehead atoms. The number of nitrogens with zero attached hydrogens (tertiary/aromatic N) is 4. The summed E-state index contributed by atoms with van der Waals surface area (Å²) in [5.74, 6) is 1.04. The van der Waals surface area contributed by atoms with Gasteiger partial charge in [-0.1, -0.05) is 18.2 Å². The Kier molecular flexibility index (Phi) is 3.20. The maximum Gasteiger partial charge on any atom is 0.123 e. The maximum absolute atomic E-state index is 5.65. The highest BCUT2D eigenvalue weighted by Crippen LogP contribution is 2.26. The van der Waals surface area contributed by atoms with Crippen molar-refractivity contribution in [1.82, 2.24) is 19.1 Å². The van der Waals surface area contributed by atoms with Crippen LogP contribution in [0.5, 0.6) is 0 Å². The van der Waals surface area contributed by atoms with Crippen LogP contribution in [-0.2, 0) is 6.54 Å². The maximum atomic E-state index is 5.65. The number of hydrogen-bond acceptors (Lipinski definition) is 3. The van der Waals surface area contributed by atoms with Crippen LogP contribution in [0, 0.1) is 6.92 Å². The van der Waals surface area contributed by atoms with Gasteiger partial charge in [-0.3, -0.25) is 14.1 Å². The Morgan fingerprint density at radius 3 is 2.65 bits per heavy atom. The average molecular weight is 303 g/mol. The van der Waals surface area contributed by atoms with E-state index in [9.17, 15) is 0 Å². The van der Waals surface area contributed by atoms with Gasteiger partial charge in [-0.15, -0.1) is 0 Å². The summed E-state index contributed by atoms with van der Waals surface area (Å²) in [5.41, 5.74) is 9.66. The first-order valence-electron chi connectivity index (χ1n) is 7.53. The number of aromatic nitrogens is 4. The number of nitrogens with two attached hydrogens (primary N) is 1. The Labute approximate surface area is 134 Å².